The Labute approximate surface area is 129 Å². The molecule has 0 aliphatic rings. The fourth-order valence-electron chi connectivity index (χ4n) is 1.68. The van der Waals surface area contributed by atoms with Gasteiger partial charge in [0.2, 0.25) is 0 Å². The normalized spacial score (nSPS) is 16.7. The molecule has 0 heterocycles. The van der Waals surface area contributed by atoms with Crippen molar-refractivity contribution in [2.24, 2.45) is 0 Å². The molecule has 21 heavy (non-hydrogen) atoms. The summed E-state index contributed by atoms with van der Waals surface area (Å²) in [5, 5.41) is 9.89. The van der Waals surface area contributed by atoms with Crippen LogP contribution in [0.3, 0.4) is 0 Å². The van der Waals surface area contributed by atoms with Crippen LogP contribution in [-0.2, 0) is 5.60 Å². The molecular formula is C12H10F7IO. The van der Waals surface area contributed by atoms with E-state index in [9.17, 15) is 35.8 Å². The van der Waals surface area contributed by atoms with Crippen molar-refractivity contribution < 1.29 is 35.8 Å². The van der Waals surface area contributed by atoms with Gasteiger partial charge in [-0.25, -0.2) is 0 Å². The lowest BCUT2D eigenvalue weighted by Crippen LogP contribution is -2.54. The summed E-state index contributed by atoms with van der Waals surface area (Å²) in [6.45, 7) is 0.763. The van der Waals surface area contributed by atoms with Crippen LogP contribution in [0.5, 0.6) is 0 Å². The fraction of sp³-hybridized carbons (Fsp3) is 0.500. The number of aliphatic hydroxyl groups is 1. The molecule has 1 rings (SSSR count). The Bertz CT molecular complexity index is 511. The largest absolute Gasteiger partial charge is 0.459 e. The predicted octanol–water partition coefficient (Wildman–Crippen LogP) is 4.72. The molecule has 0 bridgehead atoms. The molecule has 1 nitrogen and oxygen atoms in total. The summed E-state index contributed by atoms with van der Waals surface area (Å²) in [7, 11) is 0. The third kappa shape index (κ3) is 3.79. The number of halogens is 8. The average Bonchev–Trinajstić information content (AvgIpc) is 2.25. The number of rotatable bonds is 4. The van der Waals surface area contributed by atoms with Gasteiger partial charge in [-0.1, -0.05) is 12.1 Å². The van der Waals surface area contributed by atoms with Crippen molar-refractivity contribution in [3.63, 3.8) is 0 Å². The average molecular weight is 430 g/mol. The van der Waals surface area contributed by atoms with Crippen LogP contribution < -0.4 is 0 Å². The summed E-state index contributed by atoms with van der Waals surface area (Å²) in [6.07, 6.45) is -8.47. The molecular weight excluding hydrogens is 420 g/mol. The van der Waals surface area contributed by atoms with Crippen LogP contribution in [0.4, 0.5) is 30.7 Å². The summed E-state index contributed by atoms with van der Waals surface area (Å²) >= 11 is 1.78. The number of hydrogen-bond donors (Lipinski definition) is 1. The van der Waals surface area contributed by atoms with E-state index in [0.29, 0.717) is 3.57 Å². The number of hydrogen-bond acceptors (Lipinski definition) is 1. The minimum atomic E-state index is -6.41. The van der Waals surface area contributed by atoms with E-state index in [1.54, 1.807) is 28.7 Å². The molecule has 0 aliphatic heterocycles. The molecule has 0 aromatic heterocycles. The van der Waals surface area contributed by atoms with Gasteiger partial charge in [0.15, 0.2) is 0 Å². The molecule has 0 amide bonds. The molecule has 1 aromatic rings. The molecule has 9 heteroatoms. The maximum Gasteiger partial charge on any atom is 0.459 e. The first kappa shape index (κ1) is 18.5. The van der Waals surface area contributed by atoms with Gasteiger partial charge < -0.3 is 5.11 Å². The molecule has 1 atom stereocenters. The van der Waals surface area contributed by atoms with E-state index in [-0.39, 0.29) is 5.56 Å². The molecule has 120 valence electrons. The second-order valence-electron chi connectivity index (χ2n) is 4.74. The van der Waals surface area contributed by atoms with E-state index in [1.807, 2.05) is 0 Å². The third-order valence-corrected chi connectivity index (χ3v) is 3.50. The Morgan fingerprint density at radius 3 is 2.00 bits per heavy atom. The first-order valence-corrected chi connectivity index (χ1v) is 6.59. The first-order chi connectivity index (χ1) is 9.21. The number of alkyl halides is 7. The van der Waals surface area contributed by atoms with E-state index >= 15 is 0 Å². The van der Waals surface area contributed by atoms with E-state index < -0.39 is 30.0 Å². The second-order valence-corrected chi connectivity index (χ2v) is 5.98. The Balaban J connectivity index is 3.13. The van der Waals surface area contributed by atoms with Gasteiger partial charge >= 0.3 is 18.0 Å². The molecule has 1 aromatic carbocycles. The van der Waals surface area contributed by atoms with E-state index in [0.717, 1.165) is 6.92 Å². The summed E-state index contributed by atoms with van der Waals surface area (Å²) in [5.74, 6) is -11.7. The van der Waals surface area contributed by atoms with Gasteiger partial charge in [0.25, 0.3) is 0 Å². The zero-order chi connectivity index (χ0) is 16.7. The Morgan fingerprint density at radius 2 is 1.57 bits per heavy atom. The minimum absolute atomic E-state index is 0.174. The standard InChI is InChI=1S/C12H10F7IO/c1-9(21,7-3-2-4-8(20)5-7)6-10(13,14)11(15,16)12(17,18)19/h2-5,21H,6H2,1H3. The van der Waals surface area contributed by atoms with Gasteiger partial charge in [-0.05, 0) is 47.2 Å². The summed E-state index contributed by atoms with van der Waals surface area (Å²) in [4.78, 5) is 0. The lowest BCUT2D eigenvalue weighted by atomic mass is 9.87. The minimum Gasteiger partial charge on any atom is -0.385 e. The lowest BCUT2D eigenvalue weighted by Gasteiger charge is -2.34. The van der Waals surface area contributed by atoms with Crippen molar-refractivity contribution in [1.82, 2.24) is 0 Å². The predicted molar refractivity (Wildman–Crippen MR) is 69.3 cm³/mol. The van der Waals surface area contributed by atoms with Crippen LogP contribution in [0.15, 0.2) is 24.3 Å². The molecule has 1 unspecified atom stereocenters. The molecule has 0 saturated carbocycles. The maximum atomic E-state index is 13.3. The van der Waals surface area contributed by atoms with Crippen LogP contribution in [0, 0.1) is 3.57 Å². The molecule has 0 aliphatic carbocycles. The molecule has 0 fully saturated rings. The van der Waals surface area contributed by atoms with Crippen LogP contribution >= 0.6 is 22.6 Å². The quantitative estimate of drug-likeness (QED) is 0.542. The fourth-order valence-corrected chi connectivity index (χ4v) is 2.22. The van der Waals surface area contributed by atoms with Crippen LogP contribution in [-0.4, -0.2) is 23.1 Å². The SMILES string of the molecule is CC(O)(CC(F)(F)C(F)(F)C(F)(F)F)c1cccc(I)c1. The second kappa shape index (κ2) is 5.56. The van der Waals surface area contributed by atoms with Crippen LogP contribution in [0.25, 0.3) is 0 Å². The van der Waals surface area contributed by atoms with Crippen molar-refractivity contribution in [3.8, 4) is 0 Å². The zero-order valence-electron chi connectivity index (χ0n) is 10.5. The highest BCUT2D eigenvalue weighted by Gasteiger charge is 2.73. The highest BCUT2D eigenvalue weighted by atomic mass is 127. The van der Waals surface area contributed by atoms with Gasteiger partial charge in [0.05, 0.1) is 12.0 Å². The van der Waals surface area contributed by atoms with Crippen molar-refractivity contribution in [1.29, 1.82) is 0 Å². The lowest BCUT2D eigenvalue weighted by molar-refractivity contribution is -0.361. The molecule has 0 radical (unpaired) electrons. The maximum absolute atomic E-state index is 13.3. The van der Waals surface area contributed by atoms with Gasteiger partial charge in [-0.15, -0.1) is 0 Å². The topological polar surface area (TPSA) is 20.2 Å². The van der Waals surface area contributed by atoms with Crippen LogP contribution in [0.2, 0.25) is 0 Å². The highest BCUT2D eigenvalue weighted by molar-refractivity contribution is 14.1. The summed E-state index contributed by atoms with van der Waals surface area (Å²) < 4.78 is 89.1. The van der Waals surface area contributed by atoms with Crippen molar-refractivity contribution in [2.45, 2.75) is 37.0 Å². The van der Waals surface area contributed by atoms with Gasteiger partial charge in [0.1, 0.15) is 0 Å². The molecule has 0 saturated heterocycles. The van der Waals surface area contributed by atoms with Gasteiger partial charge in [-0.2, -0.15) is 30.7 Å². The zero-order valence-corrected chi connectivity index (χ0v) is 12.6. The summed E-state index contributed by atoms with van der Waals surface area (Å²) in [6, 6.07) is 5.31. The van der Waals surface area contributed by atoms with Crippen molar-refractivity contribution in [2.75, 3.05) is 0 Å². The smallest absolute Gasteiger partial charge is 0.385 e. The Morgan fingerprint density at radius 1 is 1.05 bits per heavy atom. The molecule has 1 N–H and O–H groups in total. The number of benzene rings is 1. The van der Waals surface area contributed by atoms with E-state index in [1.165, 1.54) is 18.2 Å². The van der Waals surface area contributed by atoms with Crippen LogP contribution in [0.1, 0.15) is 18.9 Å². The highest BCUT2D eigenvalue weighted by Crippen LogP contribution is 2.50. The molecule has 0 spiro atoms. The van der Waals surface area contributed by atoms with Crippen molar-refractivity contribution in [3.05, 3.63) is 33.4 Å². The van der Waals surface area contributed by atoms with E-state index in [4.69, 9.17) is 0 Å². The monoisotopic (exact) mass is 430 g/mol. The third-order valence-electron chi connectivity index (χ3n) is 2.83. The van der Waals surface area contributed by atoms with Gasteiger partial charge in [-0.3, -0.25) is 0 Å². The van der Waals surface area contributed by atoms with Crippen molar-refractivity contribution >= 4 is 22.6 Å². The van der Waals surface area contributed by atoms with Gasteiger partial charge in [0, 0.05) is 3.57 Å². The first-order valence-electron chi connectivity index (χ1n) is 5.51. The summed E-state index contributed by atoms with van der Waals surface area (Å²) in [5.41, 5.74) is -2.72. The Kier molecular flexibility index (Phi) is 4.89. The Hall–Kier alpha value is -0.580. The van der Waals surface area contributed by atoms with E-state index in [2.05, 4.69) is 0 Å².